The van der Waals surface area contributed by atoms with Crippen molar-refractivity contribution in [1.82, 2.24) is 25.4 Å². The summed E-state index contributed by atoms with van der Waals surface area (Å²) in [5.74, 6) is 7.98. The fraction of sp³-hybridized carbons (Fsp3) is 0.476. The highest BCUT2D eigenvalue weighted by atomic mass is 127. The standard InChI is InChI=1S/C21H25F3N6O.HI/c1-3-25-20(26-12-4-5-15-6-8-16(9-7-15)21(22,23)24)27-17-10-11-19-28-18(14-31-2)29-30(19)13-17;/h6-9,17H,3,10-14H2,1-2H3,(H2,25,26,27);1H. The molecule has 0 radical (unpaired) electrons. The minimum atomic E-state index is -4.35. The summed E-state index contributed by atoms with van der Waals surface area (Å²) in [6, 6.07) is 4.92. The van der Waals surface area contributed by atoms with Crippen LogP contribution in [0.5, 0.6) is 0 Å². The maximum atomic E-state index is 12.6. The van der Waals surface area contributed by atoms with Crippen molar-refractivity contribution in [1.29, 1.82) is 0 Å². The summed E-state index contributed by atoms with van der Waals surface area (Å²) < 4.78 is 44.8. The van der Waals surface area contributed by atoms with Gasteiger partial charge in [-0.05, 0) is 37.6 Å². The molecule has 1 aromatic carbocycles. The number of guanidine groups is 1. The smallest absolute Gasteiger partial charge is 0.377 e. The summed E-state index contributed by atoms with van der Waals surface area (Å²) in [7, 11) is 1.62. The molecule has 3 rings (SSSR count). The number of aromatic nitrogens is 3. The van der Waals surface area contributed by atoms with Crippen molar-refractivity contribution in [2.45, 2.75) is 45.1 Å². The third-order valence-electron chi connectivity index (χ3n) is 4.62. The molecule has 11 heteroatoms. The van der Waals surface area contributed by atoms with Gasteiger partial charge < -0.3 is 15.4 Å². The van der Waals surface area contributed by atoms with E-state index in [4.69, 9.17) is 4.74 Å². The number of hydrogen-bond acceptors (Lipinski definition) is 4. The fourth-order valence-electron chi connectivity index (χ4n) is 3.18. The first-order chi connectivity index (χ1) is 14.9. The van der Waals surface area contributed by atoms with Crippen LogP contribution in [-0.4, -0.2) is 47.0 Å². The lowest BCUT2D eigenvalue weighted by Gasteiger charge is -2.25. The Hall–Kier alpha value is -2.33. The van der Waals surface area contributed by atoms with Crippen molar-refractivity contribution in [2.75, 3.05) is 20.2 Å². The first-order valence-electron chi connectivity index (χ1n) is 10.0. The van der Waals surface area contributed by atoms with Crippen LogP contribution in [0.3, 0.4) is 0 Å². The predicted octanol–water partition coefficient (Wildman–Crippen LogP) is 2.98. The fourth-order valence-corrected chi connectivity index (χ4v) is 3.18. The van der Waals surface area contributed by atoms with E-state index in [2.05, 4.69) is 37.5 Å². The Bertz CT molecular complexity index is 963. The van der Waals surface area contributed by atoms with Gasteiger partial charge in [0.15, 0.2) is 11.8 Å². The molecule has 0 spiro atoms. The normalized spacial score (nSPS) is 15.8. The molecule has 0 aliphatic carbocycles. The largest absolute Gasteiger partial charge is 0.416 e. The van der Waals surface area contributed by atoms with Crippen molar-refractivity contribution in [3.05, 3.63) is 47.0 Å². The highest BCUT2D eigenvalue weighted by Crippen LogP contribution is 2.28. The van der Waals surface area contributed by atoms with Gasteiger partial charge in [-0.25, -0.2) is 14.7 Å². The van der Waals surface area contributed by atoms with E-state index in [-0.39, 0.29) is 36.6 Å². The van der Waals surface area contributed by atoms with Crippen molar-refractivity contribution < 1.29 is 17.9 Å². The van der Waals surface area contributed by atoms with Crippen LogP contribution in [0.2, 0.25) is 0 Å². The molecule has 1 aliphatic rings. The maximum absolute atomic E-state index is 12.6. The molecule has 0 amide bonds. The van der Waals surface area contributed by atoms with Crippen LogP contribution in [-0.2, 0) is 30.5 Å². The zero-order chi connectivity index (χ0) is 22.3. The topological polar surface area (TPSA) is 76.4 Å². The van der Waals surface area contributed by atoms with Gasteiger partial charge in [-0.15, -0.1) is 24.0 Å². The molecular weight excluding hydrogens is 536 g/mol. The molecule has 1 unspecified atom stereocenters. The molecule has 2 heterocycles. The Morgan fingerprint density at radius 2 is 2.06 bits per heavy atom. The summed E-state index contributed by atoms with van der Waals surface area (Å²) in [6.07, 6.45) is -2.64. The lowest BCUT2D eigenvalue weighted by molar-refractivity contribution is -0.137. The van der Waals surface area contributed by atoms with Crippen molar-refractivity contribution >= 4 is 29.9 Å². The van der Waals surface area contributed by atoms with Crippen LogP contribution in [0, 0.1) is 11.8 Å². The number of fused-ring (bicyclic) bond motifs is 1. The van der Waals surface area contributed by atoms with Crippen LogP contribution >= 0.6 is 24.0 Å². The zero-order valence-corrected chi connectivity index (χ0v) is 20.2. The Morgan fingerprint density at radius 1 is 1.31 bits per heavy atom. The van der Waals surface area contributed by atoms with Crippen LogP contribution in [0.4, 0.5) is 13.2 Å². The number of methoxy groups -OCH3 is 1. The maximum Gasteiger partial charge on any atom is 0.416 e. The molecule has 0 bridgehead atoms. The minimum absolute atomic E-state index is 0. The van der Waals surface area contributed by atoms with Gasteiger partial charge in [0, 0.05) is 31.7 Å². The van der Waals surface area contributed by atoms with E-state index in [0.717, 1.165) is 30.8 Å². The first kappa shape index (κ1) is 25.9. The molecule has 0 saturated heterocycles. The average Bonchev–Trinajstić information content (AvgIpc) is 3.13. The van der Waals surface area contributed by atoms with Gasteiger partial charge in [-0.1, -0.05) is 11.8 Å². The van der Waals surface area contributed by atoms with Gasteiger partial charge in [-0.3, -0.25) is 0 Å². The number of benzene rings is 1. The number of ether oxygens (including phenoxy) is 1. The highest BCUT2D eigenvalue weighted by molar-refractivity contribution is 14.0. The van der Waals surface area contributed by atoms with Gasteiger partial charge in [0.05, 0.1) is 12.1 Å². The molecule has 32 heavy (non-hydrogen) atoms. The number of nitrogens with one attached hydrogen (secondary N) is 2. The Balaban J connectivity index is 0.00000363. The third kappa shape index (κ3) is 7.37. The second-order valence-electron chi connectivity index (χ2n) is 7.01. The van der Waals surface area contributed by atoms with Gasteiger partial charge in [-0.2, -0.15) is 18.3 Å². The van der Waals surface area contributed by atoms with Gasteiger partial charge in [0.25, 0.3) is 0 Å². The van der Waals surface area contributed by atoms with Gasteiger partial charge in [0.1, 0.15) is 19.0 Å². The Kier molecular flexibility index (Phi) is 9.77. The van der Waals surface area contributed by atoms with Crippen LogP contribution in [0.1, 0.15) is 36.1 Å². The Morgan fingerprint density at radius 3 is 2.72 bits per heavy atom. The van der Waals surface area contributed by atoms with Gasteiger partial charge >= 0.3 is 6.18 Å². The number of aliphatic imine (C=N–C) groups is 1. The van der Waals surface area contributed by atoms with E-state index in [1.54, 1.807) is 7.11 Å². The second-order valence-corrected chi connectivity index (χ2v) is 7.01. The van der Waals surface area contributed by atoms with E-state index in [1.165, 1.54) is 12.1 Å². The molecule has 0 fully saturated rings. The molecule has 2 aromatic rings. The summed E-state index contributed by atoms with van der Waals surface area (Å²) >= 11 is 0. The van der Waals surface area contributed by atoms with E-state index < -0.39 is 11.7 Å². The molecule has 0 saturated carbocycles. The number of aryl methyl sites for hydroxylation is 1. The van der Waals surface area contributed by atoms with Crippen LogP contribution in [0.15, 0.2) is 29.3 Å². The average molecular weight is 562 g/mol. The Labute approximate surface area is 202 Å². The van der Waals surface area contributed by atoms with Crippen LogP contribution < -0.4 is 10.6 Å². The molecule has 2 N–H and O–H groups in total. The SMILES string of the molecule is CCNC(=NCC#Cc1ccc(C(F)(F)F)cc1)NC1CCc2nc(COC)nn2C1.I. The summed E-state index contributed by atoms with van der Waals surface area (Å²) in [5.41, 5.74) is -0.175. The quantitative estimate of drug-likeness (QED) is 0.254. The lowest BCUT2D eigenvalue weighted by Crippen LogP contribution is -2.47. The molecule has 1 aliphatic heterocycles. The number of nitrogens with zero attached hydrogens (tertiary/aromatic N) is 4. The molecule has 1 aromatic heterocycles. The van der Waals surface area contributed by atoms with Crippen molar-refractivity contribution in [3.63, 3.8) is 0 Å². The second kappa shape index (κ2) is 12.1. The number of halogens is 4. The third-order valence-corrected chi connectivity index (χ3v) is 4.62. The van der Waals surface area contributed by atoms with E-state index in [9.17, 15) is 13.2 Å². The lowest BCUT2D eigenvalue weighted by atomic mass is 10.1. The van der Waals surface area contributed by atoms with Crippen molar-refractivity contribution in [2.24, 2.45) is 4.99 Å². The monoisotopic (exact) mass is 562 g/mol. The number of rotatable bonds is 5. The van der Waals surface area contributed by atoms with Crippen molar-refractivity contribution in [3.8, 4) is 11.8 Å². The number of alkyl halides is 3. The van der Waals surface area contributed by atoms with Crippen LogP contribution in [0.25, 0.3) is 0 Å². The minimum Gasteiger partial charge on any atom is -0.377 e. The highest BCUT2D eigenvalue weighted by Gasteiger charge is 2.29. The summed E-state index contributed by atoms with van der Waals surface area (Å²) in [6.45, 7) is 3.94. The molecule has 7 nitrogen and oxygen atoms in total. The summed E-state index contributed by atoms with van der Waals surface area (Å²) in [4.78, 5) is 8.92. The zero-order valence-electron chi connectivity index (χ0n) is 17.9. The predicted molar refractivity (Wildman–Crippen MR) is 126 cm³/mol. The number of hydrogen-bond donors (Lipinski definition) is 2. The van der Waals surface area contributed by atoms with E-state index >= 15 is 0 Å². The molecule has 1 atom stereocenters. The van der Waals surface area contributed by atoms with E-state index in [1.807, 2.05) is 11.6 Å². The van der Waals surface area contributed by atoms with Gasteiger partial charge in [0.2, 0.25) is 0 Å². The summed E-state index contributed by atoms with van der Waals surface area (Å²) in [5, 5.41) is 11.0. The van der Waals surface area contributed by atoms with E-state index in [0.29, 0.717) is 37.0 Å². The molecular formula is C21H26F3IN6O. The first-order valence-corrected chi connectivity index (χ1v) is 10.0. The molecule has 174 valence electrons.